The van der Waals surface area contributed by atoms with E-state index in [1.807, 2.05) is 55.5 Å². The van der Waals surface area contributed by atoms with Gasteiger partial charge in [0, 0.05) is 0 Å². The normalized spacial score (nSPS) is 15.3. The Bertz CT molecular complexity index is 2040. The summed E-state index contributed by atoms with van der Waals surface area (Å²) >= 11 is 4.87. The van der Waals surface area contributed by atoms with Crippen LogP contribution in [0.3, 0.4) is 0 Å². The van der Waals surface area contributed by atoms with E-state index in [0.717, 1.165) is 22.0 Å². The zero-order valence-corrected chi connectivity index (χ0v) is 26.9. The van der Waals surface area contributed by atoms with Crippen LogP contribution in [0.15, 0.2) is 86.2 Å². The molecule has 0 N–H and O–H groups in total. The van der Waals surface area contributed by atoms with Gasteiger partial charge in [0.1, 0.15) is 12.4 Å². The van der Waals surface area contributed by atoms with Crippen LogP contribution in [0.5, 0.6) is 17.2 Å². The fourth-order valence-electron chi connectivity index (χ4n) is 5.23. The first-order valence-corrected chi connectivity index (χ1v) is 16.0. The Labute approximate surface area is 271 Å². The van der Waals surface area contributed by atoms with Gasteiger partial charge < -0.3 is 18.9 Å². The van der Waals surface area contributed by atoms with Gasteiger partial charge >= 0.3 is 5.97 Å². The summed E-state index contributed by atoms with van der Waals surface area (Å²) in [7, 11) is 0. The fraction of sp³-hybridized carbons (Fsp3) is 0.235. The molecule has 2 aliphatic heterocycles. The largest absolute Gasteiger partial charge is 0.488 e. The molecule has 0 amide bonds. The Hall–Kier alpha value is -4.66. The lowest BCUT2D eigenvalue weighted by molar-refractivity contribution is -0.139. The van der Waals surface area contributed by atoms with E-state index in [1.54, 1.807) is 29.7 Å². The van der Waals surface area contributed by atoms with Gasteiger partial charge in [0.2, 0.25) is 6.79 Å². The standard InChI is InChI=1S/C34H28BrN3O6S/c1-3-5-25-30(33(40)41-4-2)31(23-11-13-27-28(16-23)44-19-43-27)38-32(39)29(45-34(38)37-25)15-22-10-12-26(24(35)14-22)42-18-21-8-6-20(17-36)7-9-21/h6-16,31H,3-5,18-19H2,1-2H3/b29-15-/t31-/m1/s1. The topological polar surface area (TPSA) is 112 Å². The van der Waals surface area contributed by atoms with Crippen LogP contribution in [-0.4, -0.2) is 23.9 Å². The van der Waals surface area contributed by atoms with Crippen molar-refractivity contribution in [2.75, 3.05) is 13.4 Å². The number of halogens is 1. The van der Waals surface area contributed by atoms with Crippen LogP contribution in [0.4, 0.5) is 0 Å². The number of benzene rings is 3. The number of allylic oxidation sites excluding steroid dienone is 1. The smallest absolute Gasteiger partial charge is 0.338 e. The summed E-state index contributed by atoms with van der Waals surface area (Å²) in [6, 6.07) is 19.6. The van der Waals surface area contributed by atoms with E-state index < -0.39 is 12.0 Å². The number of nitrogens with zero attached hydrogens (tertiary/aromatic N) is 3. The van der Waals surface area contributed by atoms with E-state index in [9.17, 15) is 9.59 Å². The second-order valence-electron chi connectivity index (χ2n) is 10.3. The lowest BCUT2D eigenvalue weighted by atomic mass is 9.94. The summed E-state index contributed by atoms with van der Waals surface area (Å²) in [5, 5.41) is 9.01. The minimum absolute atomic E-state index is 0.109. The number of esters is 1. The first kappa shape index (κ1) is 30.4. The average molecular weight is 687 g/mol. The SMILES string of the molecule is CCCC1=C(C(=O)OCC)[C@@H](c2ccc3c(c2)OCO3)n2c(s/c(=C\c3ccc(OCc4ccc(C#N)cc4)c(Br)c3)c2=O)=N1. The minimum atomic E-state index is -0.747. The van der Waals surface area contributed by atoms with Crippen LogP contribution in [0, 0.1) is 11.3 Å². The lowest BCUT2D eigenvalue weighted by Crippen LogP contribution is -2.40. The summed E-state index contributed by atoms with van der Waals surface area (Å²) in [5.41, 5.74) is 3.71. The van der Waals surface area contributed by atoms with Crippen molar-refractivity contribution >= 4 is 39.3 Å². The predicted octanol–water partition coefficient (Wildman–Crippen LogP) is 5.52. The summed E-state index contributed by atoms with van der Waals surface area (Å²) < 4.78 is 25.4. The maximum atomic E-state index is 14.1. The Morgan fingerprint density at radius 2 is 1.93 bits per heavy atom. The number of hydrogen-bond acceptors (Lipinski definition) is 9. The van der Waals surface area contributed by atoms with Crippen molar-refractivity contribution in [2.24, 2.45) is 4.99 Å². The lowest BCUT2D eigenvalue weighted by Gasteiger charge is -2.25. The number of nitriles is 1. The van der Waals surface area contributed by atoms with Gasteiger partial charge in [0.05, 0.1) is 44.6 Å². The van der Waals surface area contributed by atoms with Gasteiger partial charge in [-0.1, -0.05) is 48.9 Å². The van der Waals surface area contributed by atoms with Crippen LogP contribution in [0.1, 0.15) is 55.0 Å². The molecule has 3 heterocycles. The average Bonchev–Trinajstić information content (AvgIpc) is 3.64. The molecule has 4 aromatic rings. The second-order valence-corrected chi connectivity index (χ2v) is 12.2. The molecule has 0 spiro atoms. The maximum Gasteiger partial charge on any atom is 0.338 e. The molecular weight excluding hydrogens is 658 g/mol. The van der Waals surface area contributed by atoms with Crippen molar-refractivity contribution in [1.82, 2.24) is 4.57 Å². The van der Waals surface area contributed by atoms with Crippen LogP contribution >= 0.6 is 27.3 Å². The summed E-state index contributed by atoms with van der Waals surface area (Å²) in [6.07, 6.45) is 3.12. The zero-order chi connectivity index (χ0) is 31.5. The van der Waals surface area contributed by atoms with Crippen LogP contribution in [-0.2, 0) is 16.1 Å². The second kappa shape index (κ2) is 13.1. The molecule has 45 heavy (non-hydrogen) atoms. The number of hydrogen-bond donors (Lipinski definition) is 0. The highest BCUT2D eigenvalue weighted by atomic mass is 79.9. The molecule has 0 saturated heterocycles. The molecule has 3 aromatic carbocycles. The molecule has 11 heteroatoms. The van der Waals surface area contributed by atoms with E-state index in [1.165, 1.54) is 11.3 Å². The highest BCUT2D eigenvalue weighted by Crippen LogP contribution is 2.39. The third-order valence-electron chi connectivity index (χ3n) is 7.34. The Kier molecular flexibility index (Phi) is 8.87. The molecule has 6 rings (SSSR count). The van der Waals surface area contributed by atoms with Crippen molar-refractivity contribution in [3.05, 3.63) is 118 Å². The van der Waals surface area contributed by atoms with Crippen LogP contribution < -0.4 is 29.1 Å². The quantitative estimate of drug-likeness (QED) is 0.213. The van der Waals surface area contributed by atoms with Crippen molar-refractivity contribution in [3.63, 3.8) is 0 Å². The molecule has 1 aromatic heterocycles. The molecule has 2 aliphatic rings. The number of carbonyl (C=O) groups excluding carboxylic acids is 1. The molecule has 228 valence electrons. The molecule has 0 saturated carbocycles. The molecule has 0 fully saturated rings. The van der Waals surface area contributed by atoms with Crippen molar-refractivity contribution < 1.29 is 23.7 Å². The number of rotatable bonds is 9. The monoisotopic (exact) mass is 685 g/mol. The fourth-order valence-corrected chi connectivity index (χ4v) is 6.76. The van der Waals surface area contributed by atoms with Crippen molar-refractivity contribution in [1.29, 1.82) is 5.26 Å². The van der Waals surface area contributed by atoms with Gasteiger partial charge in [-0.2, -0.15) is 5.26 Å². The van der Waals surface area contributed by atoms with Gasteiger partial charge in [0.25, 0.3) is 5.56 Å². The Balaban J connectivity index is 1.38. The molecule has 0 radical (unpaired) electrons. The number of thiazole rings is 1. The first-order valence-electron chi connectivity index (χ1n) is 14.4. The van der Waals surface area contributed by atoms with Crippen LogP contribution in [0.25, 0.3) is 6.08 Å². The third kappa shape index (κ3) is 6.16. The van der Waals surface area contributed by atoms with Gasteiger partial charge in [-0.25, -0.2) is 9.79 Å². The van der Waals surface area contributed by atoms with E-state index in [0.29, 0.717) is 62.0 Å². The molecule has 0 aliphatic carbocycles. The number of ether oxygens (including phenoxy) is 4. The number of fused-ring (bicyclic) bond motifs is 2. The molecule has 0 bridgehead atoms. The van der Waals surface area contributed by atoms with E-state index in [2.05, 4.69) is 22.0 Å². The van der Waals surface area contributed by atoms with E-state index in [4.69, 9.17) is 29.2 Å². The van der Waals surface area contributed by atoms with Gasteiger partial charge in [0.15, 0.2) is 16.3 Å². The summed E-state index contributed by atoms with van der Waals surface area (Å²) in [6.45, 7) is 4.42. The van der Waals surface area contributed by atoms with E-state index >= 15 is 0 Å². The van der Waals surface area contributed by atoms with Gasteiger partial charge in [-0.3, -0.25) is 9.36 Å². The van der Waals surface area contributed by atoms with Crippen molar-refractivity contribution in [2.45, 2.75) is 39.3 Å². The highest BCUT2D eigenvalue weighted by Gasteiger charge is 2.35. The molecule has 0 unspecified atom stereocenters. The predicted molar refractivity (Wildman–Crippen MR) is 172 cm³/mol. The molecule has 1 atom stereocenters. The summed E-state index contributed by atoms with van der Waals surface area (Å²) in [4.78, 5) is 32.8. The first-order chi connectivity index (χ1) is 21.9. The third-order valence-corrected chi connectivity index (χ3v) is 8.94. The maximum absolute atomic E-state index is 14.1. The molecule has 9 nitrogen and oxygen atoms in total. The summed E-state index contributed by atoms with van der Waals surface area (Å²) in [5.74, 6) is 1.31. The highest BCUT2D eigenvalue weighted by molar-refractivity contribution is 9.10. The zero-order valence-electron chi connectivity index (χ0n) is 24.5. The number of carbonyl (C=O) groups is 1. The number of aromatic nitrogens is 1. The van der Waals surface area contributed by atoms with Gasteiger partial charge in [-0.05, 0) is 88.4 Å². The minimum Gasteiger partial charge on any atom is -0.488 e. The Morgan fingerprint density at radius 1 is 1.13 bits per heavy atom. The van der Waals surface area contributed by atoms with Crippen LogP contribution in [0.2, 0.25) is 0 Å². The Morgan fingerprint density at radius 3 is 2.67 bits per heavy atom. The molecular formula is C34H28BrN3O6S. The van der Waals surface area contributed by atoms with E-state index in [-0.39, 0.29) is 19.0 Å². The van der Waals surface area contributed by atoms with Crippen molar-refractivity contribution in [3.8, 4) is 23.3 Å². The van der Waals surface area contributed by atoms with Gasteiger partial charge in [-0.15, -0.1) is 0 Å².